The summed E-state index contributed by atoms with van der Waals surface area (Å²) in [6.45, 7) is 5.21. The monoisotopic (exact) mass is 351 g/mol. The van der Waals surface area contributed by atoms with Gasteiger partial charge >= 0.3 is 6.16 Å². The van der Waals surface area contributed by atoms with Crippen molar-refractivity contribution in [2.75, 3.05) is 13.7 Å². The largest absolute Gasteiger partial charge is 0.513 e. The standard InChI is InChI=1S/C14H15N3O5.C2H6O/c1-8-12(17(19)20)11(10-4-6-15-7-5-10)13(9(2)16-8)22-14(18)21-3;1-2-3/h4-7,11,16H,1-3H3;3H,2H2,1H3. The molecule has 0 saturated carbocycles. The highest BCUT2D eigenvalue weighted by Crippen LogP contribution is 2.38. The number of dihydropyridines is 1. The van der Waals surface area contributed by atoms with Crippen molar-refractivity contribution in [3.63, 3.8) is 0 Å². The quantitative estimate of drug-likeness (QED) is 0.483. The molecule has 0 fully saturated rings. The Morgan fingerprint density at radius 3 is 2.40 bits per heavy atom. The summed E-state index contributed by atoms with van der Waals surface area (Å²) in [6, 6.07) is 3.28. The van der Waals surface area contributed by atoms with E-state index in [0.717, 1.165) is 0 Å². The Labute approximate surface area is 145 Å². The Bertz CT molecular complexity index is 684. The number of nitro groups is 1. The first-order valence-electron chi connectivity index (χ1n) is 7.46. The van der Waals surface area contributed by atoms with Crippen LogP contribution in [0.3, 0.4) is 0 Å². The molecule has 136 valence electrons. The first kappa shape index (κ1) is 20.1. The number of hydrogen-bond donors (Lipinski definition) is 2. The molecule has 9 nitrogen and oxygen atoms in total. The van der Waals surface area contributed by atoms with Crippen LogP contribution in [-0.4, -0.2) is 34.9 Å². The molecule has 2 heterocycles. The summed E-state index contributed by atoms with van der Waals surface area (Å²) in [5.41, 5.74) is 1.41. The Morgan fingerprint density at radius 1 is 1.36 bits per heavy atom. The van der Waals surface area contributed by atoms with Gasteiger partial charge in [-0.3, -0.25) is 15.1 Å². The number of carbonyl (C=O) groups is 1. The minimum Gasteiger partial charge on any atom is -0.437 e. The van der Waals surface area contributed by atoms with Crippen LogP contribution in [-0.2, 0) is 9.47 Å². The molecule has 1 aliphatic heterocycles. The second kappa shape index (κ2) is 9.38. The van der Waals surface area contributed by atoms with Crippen LogP contribution in [0.15, 0.2) is 47.4 Å². The number of aliphatic hydroxyl groups is 1. The maximum absolute atomic E-state index is 11.5. The maximum atomic E-state index is 11.5. The van der Waals surface area contributed by atoms with Gasteiger partial charge in [0.2, 0.25) is 0 Å². The molecular formula is C16H21N3O6. The van der Waals surface area contributed by atoms with Crippen LogP contribution < -0.4 is 5.32 Å². The van der Waals surface area contributed by atoms with Crippen molar-refractivity contribution in [3.05, 3.63) is 63.1 Å². The van der Waals surface area contributed by atoms with Crippen LogP contribution in [0.5, 0.6) is 0 Å². The minimum atomic E-state index is -0.933. The summed E-state index contributed by atoms with van der Waals surface area (Å²) in [5.74, 6) is -0.686. The number of methoxy groups -OCH3 is 1. The smallest absolute Gasteiger partial charge is 0.437 e. The fraction of sp³-hybridized carbons (Fsp3) is 0.375. The fourth-order valence-corrected chi connectivity index (χ4v) is 2.34. The zero-order valence-electron chi connectivity index (χ0n) is 14.5. The van der Waals surface area contributed by atoms with E-state index in [2.05, 4.69) is 15.0 Å². The number of nitrogens with zero attached hydrogens (tertiary/aromatic N) is 2. The Kier molecular flexibility index (Phi) is 7.54. The van der Waals surface area contributed by atoms with E-state index in [1.807, 2.05) is 0 Å². The van der Waals surface area contributed by atoms with Gasteiger partial charge in [0.15, 0.2) is 0 Å². The summed E-state index contributed by atoms with van der Waals surface area (Å²) < 4.78 is 9.63. The normalized spacial score (nSPS) is 16.4. The average molecular weight is 351 g/mol. The highest BCUT2D eigenvalue weighted by Gasteiger charge is 2.39. The molecule has 1 atom stereocenters. The van der Waals surface area contributed by atoms with E-state index in [0.29, 0.717) is 17.0 Å². The SMILES string of the molecule is CCO.COC(=O)OC1=C(C)NC(C)=C([N+](=O)[O-])C1c1ccncc1. The lowest BCUT2D eigenvalue weighted by atomic mass is 9.90. The van der Waals surface area contributed by atoms with Gasteiger partial charge in [-0.1, -0.05) is 0 Å². The minimum absolute atomic E-state index is 0.0873. The molecule has 0 aromatic carbocycles. The maximum Gasteiger partial charge on any atom is 0.513 e. The molecule has 0 radical (unpaired) electrons. The molecule has 1 aliphatic rings. The zero-order valence-corrected chi connectivity index (χ0v) is 14.5. The predicted molar refractivity (Wildman–Crippen MR) is 88.8 cm³/mol. The summed E-state index contributed by atoms with van der Waals surface area (Å²) in [4.78, 5) is 26.3. The Balaban J connectivity index is 0.000000970. The van der Waals surface area contributed by atoms with E-state index >= 15 is 0 Å². The van der Waals surface area contributed by atoms with E-state index in [1.54, 1.807) is 32.9 Å². The summed E-state index contributed by atoms with van der Waals surface area (Å²) in [7, 11) is 1.17. The third kappa shape index (κ3) is 5.01. The van der Waals surface area contributed by atoms with Crippen LogP contribution >= 0.6 is 0 Å². The van der Waals surface area contributed by atoms with Crippen LogP contribution in [0.4, 0.5) is 4.79 Å². The number of aromatic nitrogens is 1. The third-order valence-electron chi connectivity index (χ3n) is 3.26. The predicted octanol–water partition coefficient (Wildman–Crippen LogP) is 2.29. The summed E-state index contributed by atoms with van der Waals surface area (Å²) >= 11 is 0. The van der Waals surface area contributed by atoms with Crippen LogP contribution in [0.25, 0.3) is 0 Å². The molecule has 1 aromatic rings. The molecule has 1 aromatic heterocycles. The van der Waals surface area contributed by atoms with Gasteiger partial charge < -0.3 is 19.9 Å². The highest BCUT2D eigenvalue weighted by molar-refractivity contribution is 5.62. The Hall–Kier alpha value is -2.94. The van der Waals surface area contributed by atoms with Gasteiger partial charge in [-0.25, -0.2) is 4.79 Å². The van der Waals surface area contributed by atoms with E-state index in [4.69, 9.17) is 9.84 Å². The molecule has 0 saturated heterocycles. The van der Waals surface area contributed by atoms with E-state index < -0.39 is 17.0 Å². The molecule has 1 unspecified atom stereocenters. The lowest BCUT2D eigenvalue weighted by Gasteiger charge is -2.26. The highest BCUT2D eigenvalue weighted by atomic mass is 16.7. The van der Waals surface area contributed by atoms with Gasteiger partial charge in [0.1, 0.15) is 11.7 Å². The molecule has 0 amide bonds. The number of aliphatic hydroxyl groups excluding tert-OH is 1. The van der Waals surface area contributed by atoms with Gasteiger partial charge in [-0.2, -0.15) is 0 Å². The summed E-state index contributed by atoms with van der Waals surface area (Å²) in [6.07, 6.45) is 2.11. The van der Waals surface area contributed by atoms with E-state index in [9.17, 15) is 14.9 Å². The lowest BCUT2D eigenvalue weighted by molar-refractivity contribution is -0.431. The second-order valence-electron chi connectivity index (χ2n) is 4.97. The molecule has 25 heavy (non-hydrogen) atoms. The number of allylic oxidation sites excluding steroid dienone is 2. The summed E-state index contributed by atoms with van der Waals surface area (Å²) in [5, 5.41) is 21.9. The Morgan fingerprint density at radius 2 is 1.92 bits per heavy atom. The van der Waals surface area contributed by atoms with E-state index in [-0.39, 0.29) is 18.1 Å². The average Bonchev–Trinajstić information content (AvgIpc) is 2.57. The molecule has 2 rings (SSSR count). The topological polar surface area (TPSA) is 124 Å². The van der Waals surface area contributed by atoms with Gasteiger partial charge in [-0.15, -0.1) is 0 Å². The first-order chi connectivity index (χ1) is 11.9. The molecule has 0 bridgehead atoms. The van der Waals surface area contributed by atoms with Crippen molar-refractivity contribution in [1.29, 1.82) is 0 Å². The zero-order chi connectivity index (χ0) is 19.0. The number of pyridine rings is 1. The lowest BCUT2D eigenvalue weighted by Crippen LogP contribution is -2.29. The van der Waals surface area contributed by atoms with Crippen molar-refractivity contribution >= 4 is 6.16 Å². The molecule has 0 spiro atoms. The number of carbonyl (C=O) groups excluding carboxylic acids is 1. The second-order valence-corrected chi connectivity index (χ2v) is 4.97. The third-order valence-corrected chi connectivity index (χ3v) is 3.26. The molecule has 0 aliphatic carbocycles. The molecule has 2 N–H and O–H groups in total. The number of nitrogens with one attached hydrogen (secondary N) is 1. The number of hydrogen-bond acceptors (Lipinski definition) is 8. The van der Waals surface area contributed by atoms with Crippen molar-refractivity contribution in [2.45, 2.75) is 26.7 Å². The van der Waals surface area contributed by atoms with Gasteiger partial charge in [0.05, 0.1) is 23.4 Å². The molecule has 9 heteroatoms. The van der Waals surface area contributed by atoms with E-state index in [1.165, 1.54) is 19.5 Å². The van der Waals surface area contributed by atoms with Crippen LogP contribution in [0, 0.1) is 10.1 Å². The first-order valence-corrected chi connectivity index (χ1v) is 7.46. The fourth-order valence-electron chi connectivity index (χ4n) is 2.34. The van der Waals surface area contributed by atoms with Gasteiger partial charge in [0.25, 0.3) is 5.70 Å². The van der Waals surface area contributed by atoms with Crippen molar-refractivity contribution in [3.8, 4) is 0 Å². The molecular weight excluding hydrogens is 330 g/mol. The van der Waals surface area contributed by atoms with Crippen LogP contribution in [0.1, 0.15) is 32.3 Å². The van der Waals surface area contributed by atoms with Crippen molar-refractivity contribution in [1.82, 2.24) is 10.3 Å². The van der Waals surface area contributed by atoms with Crippen molar-refractivity contribution in [2.24, 2.45) is 0 Å². The number of rotatable bonds is 3. The van der Waals surface area contributed by atoms with Gasteiger partial charge in [0, 0.05) is 19.0 Å². The van der Waals surface area contributed by atoms with Gasteiger partial charge in [-0.05, 0) is 38.5 Å². The number of ether oxygens (including phenoxy) is 2. The van der Waals surface area contributed by atoms with Crippen molar-refractivity contribution < 1.29 is 24.3 Å². The van der Waals surface area contributed by atoms with Crippen LogP contribution in [0.2, 0.25) is 0 Å².